The van der Waals surface area contributed by atoms with Crippen molar-refractivity contribution in [2.75, 3.05) is 33.0 Å². The van der Waals surface area contributed by atoms with Crippen LogP contribution in [0.15, 0.2) is 21.5 Å². The standard InChI is InChI=1S/C10H14BrClN2O3S/c1-14(3-4-17-2)18(15,16)9-6-7(12)5-8(13)10(9)11/h5-6H,3-4,13H2,1-2H3. The molecule has 0 radical (unpaired) electrons. The van der Waals surface area contributed by atoms with E-state index in [-0.39, 0.29) is 22.2 Å². The lowest BCUT2D eigenvalue weighted by atomic mass is 10.3. The van der Waals surface area contributed by atoms with Gasteiger partial charge in [-0.15, -0.1) is 0 Å². The average Bonchev–Trinajstić information content (AvgIpc) is 2.30. The largest absolute Gasteiger partial charge is 0.398 e. The molecule has 0 amide bonds. The first kappa shape index (κ1) is 15.7. The molecule has 0 unspecified atom stereocenters. The zero-order valence-corrected chi connectivity index (χ0v) is 13.1. The summed E-state index contributed by atoms with van der Waals surface area (Å²) in [4.78, 5) is 0.0473. The summed E-state index contributed by atoms with van der Waals surface area (Å²) in [5.74, 6) is 0. The second-order valence-electron chi connectivity index (χ2n) is 3.63. The van der Waals surface area contributed by atoms with Crippen LogP contribution in [0.5, 0.6) is 0 Å². The second-order valence-corrected chi connectivity index (χ2v) is 6.87. The highest BCUT2D eigenvalue weighted by Crippen LogP contribution is 2.32. The fourth-order valence-corrected chi connectivity index (χ4v) is 3.68. The Bertz CT molecular complexity index is 536. The maximum Gasteiger partial charge on any atom is 0.244 e. The van der Waals surface area contributed by atoms with Crippen molar-refractivity contribution < 1.29 is 13.2 Å². The van der Waals surface area contributed by atoms with Crippen molar-refractivity contribution in [1.29, 1.82) is 0 Å². The van der Waals surface area contributed by atoms with Crippen LogP contribution in [0.3, 0.4) is 0 Å². The average molecular weight is 358 g/mol. The van der Waals surface area contributed by atoms with Gasteiger partial charge in [0.25, 0.3) is 0 Å². The van der Waals surface area contributed by atoms with E-state index in [0.29, 0.717) is 11.1 Å². The van der Waals surface area contributed by atoms with Crippen LogP contribution >= 0.6 is 27.5 Å². The third-order valence-electron chi connectivity index (χ3n) is 2.33. The minimum atomic E-state index is -3.64. The van der Waals surface area contributed by atoms with E-state index < -0.39 is 10.0 Å². The van der Waals surface area contributed by atoms with Gasteiger partial charge in [-0.05, 0) is 28.1 Å². The molecule has 0 aromatic heterocycles. The highest BCUT2D eigenvalue weighted by Gasteiger charge is 2.24. The van der Waals surface area contributed by atoms with E-state index in [1.807, 2.05) is 0 Å². The number of benzene rings is 1. The Hall–Kier alpha value is -0.340. The van der Waals surface area contributed by atoms with Gasteiger partial charge in [-0.25, -0.2) is 8.42 Å². The normalized spacial score (nSPS) is 12.1. The number of nitrogens with two attached hydrogens (primary N) is 1. The molecule has 8 heteroatoms. The summed E-state index contributed by atoms with van der Waals surface area (Å²) < 4.78 is 30.9. The number of rotatable bonds is 5. The molecule has 0 aliphatic carbocycles. The number of hydrogen-bond donors (Lipinski definition) is 1. The SMILES string of the molecule is COCCN(C)S(=O)(=O)c1cc(Cl)cc(N)c1Br. The van der Waals surface area contributed by atoms with Gasteiger partial charge >= 0.3 is 0 Å². The smallest absolute Gasteiger partial charge is 0.244 e. The summed E-state index contributed by atoms with van der Waals surface area (Å²) >= 11 is 8.99. The van der Waals surface area contributed by atoms with E-state index in [4.69, 9.17) is 22.1 Å². The van der Waals surface area contributed by atoms with Gasteiger partial charge < -0.3 is 10.5 Å². The lowest BCUT2D eigenvalue weighted by Gasteiger charge is -2.18. The first-order chi connectivity index (χ1) is 8.30. The van der Waals surface area contributed by atoms with E-state index in [1.54, 1.807) is 0 Å². The van der Waals surface area contributed by atoms with Gasteiger partial charge in [0.1, 0.15) is 0 Å². The molecule has 0 spiro atoms. The van der Waals surface area contributed by atoms with Crippen LogP contribution in [0.1, 0.15) is 0 Å². The van der Waals surface area contributed by atoms with Crippen molar-refractivity contribution in [3.05, 3.63) is 21.6 Å². The number of anilines is 1. The van der Waals surface area contributed by atoms with E-state index in [9.17, 15) is 8.42 Å². The number of halogens is 2. The predicted molar refractivity (Wildman–Crippen MR) is 75.3 cm³/mol. The second kappa shape index (κ2) is 6.21. The van der Waals surface area contributed by atoms with Gasteiger partial charge in [0.05, 0.1) is 16.0 Å². The first-order valence-electron chi connectivity index (χ1n) is 5.00. The molecule has 5 nitrogen and oxygen atoms in total. The summed E-state index contributed by atoms with van der Waals surface area (Å²) in [6.07, 6.45) is 0. The Morgan fingerprint density at radius 3 is 2.67 bits per heavy atom. The van der Waals surface area contributed by atoms with E-state index >= 15 is 0 Å². The monoisotopic (exact) mass is 356 g/mol. The zero-order valence-electron chi connectivity index (χ0n) is 9.98. The molecule has 0 saturated carbocycles. The van der Waals surface area contributed by atoms with Gasteiger partial charge in [-0.2, -0.15) is 4.31 Å². The number of sulfonamides is 1. The fourth-order valence-electron chi connectivity index (χ4n) is 1.28. The third kappa shape index (κ3) is 3.36. The fraction of sp³-hybridized carbons (Fsp3) is 0.400. The molecule has 1 rings (SSSR count). The lowest BCUT2D eigenvalue weighted by molar-refractivity contribution is 0.185. The minimum Gasteiger partial charge on any atom is -0.398 e. The molecule has 102 valence electrons. The molecule has 0 atom stereocenters. The molecule has 0 fully saturated rings. The number of likely N-dealkylation sites (N-methyl/N-ethyl adjacent to an activating group) is 1. The highest BCUT2D eigenvalue weighted by molar-refractivity contribution is 9.10. The molecule has 2 N–H and O–H groups in total. The Labute approximate surface area is 120 Å². The van der Waals surface area contributed by atoms with Crippen molar-refractivity contribution in [2.45, 2.75) is 4.90 Å². The number of nitrogens with zero attached hydrogens (tertiary/aromatic N) is 1. The summed E-state index contributed by atoms with van der Waals surface area (Å²) in [6, 6.07) is 2.85. The molecule has 0 aliphatic rings. The van der Waals surface area contributed by atoms with Crippen LogP contribution in [0, 0.1) is 0 Å². The molecule has 0 bridgehead atoms. The molecule has 0 aliphatic heterocycles. The van der Waals surface area contributed by atoms with Crippen molar-refractivity contribution in [2.24, 2.45) is 0 Å². The topological polar surface area (TPSA) is 72.6 Å². The Balaban J connectivity index is 3.20. The maximum absolute atomic E-state index is 12.3. The molecule has 0 saturated heterocycles. The number of hydrogen-bond acceptors (Lipinski definition) is 4. The molecule has 18 heavy (non-hydrogen) atoms. The molecular formula is C10H14BrClN2O3S. The van der Waals surface area contributed by atoms with E-state index in [0.717, 1.165) is 0 Å². The van der Waals surface area contributed by atoms with Gasteiger partial charge in [0, 0.05) is 31.4 Å². The van der Waals surface area contributed by atoms with Crippen molar-refractivity contribution >= 4 is 43.2 Å². The Morgan fingerprint density at radius 1 is 1.50 bits per heavy atom. The zero-order chi connectivity index (χ0) is 13.9. The summed E-state index contributed by atoms with van der Waals surface area (Å²) in [5.41, 5.74) is 5.96. The van der Waals surface area contributed by atoms with Crippen LogP contribution in [-0.4, -0.2) is 40.0 Å². The van der Waals surface area contributed by atoms with Gasteiger partial charge in [-0.1, -0.05) is 11.6 Å². The maximum atomic E-state index is 12.3. The van der Waals surface area contributed by atoms with E-state index in [1.165, 1.54) is 30.6 Å². The van der Waals surface area contributed by atoms with Crippen molar-refractivity contribution in [3.63, 3.8) is 0 Å². The molecule has 0 heterocycles. The van der Waals surface area contributed by atoms with Gasteiger partial charge in [0.2, 0.25) is 10.0 Å². The van der Waals surface area contributed by atoms with Crippen molar-refractivity contribution in [1.82, 2.24) is 4.31 Å². The van der Waals surface area contributed by atoms with Crippen LogP contribution in [0.2, 0.25) is 5.02 Å². The first-order valence-corrected chi connectivity index (χ1v) is 7.61. The summed E-state index contributed by atoms with van der Waals surface area (Å²) in [6.45, 7) is 0.557. The predicted octanol–water partition coefficient (Wildman–Crippen LogP) is 1.95. The Kier molecular flexibility index (Phi) is 5.42. The van der Waals surface area contributed by atoms with Gasteiger partial charge in [0.15, 0.2) is 0 Å². The summed E-state index contributed by atoms with van der Waals surface area (Å²) in [7, 11) is -0.667. The molecular weight excluding hydrogens is 344 g/mol. The molecule has 1 aromatic carbocycles. The third-order valence-corrected chi connectivity index (χ3v) is 5.58. The number of ether oxygens (including phenoxy) is 1. The Morgan fingerprint density at radius 2 is 2.11 bits per heavy atom. The quantitative estimate of drug-likeness (QED) is 0.818. The van der Waals surface area contributed by atoms with Crippen LogP contribution in [0.4, 0.5) is 5.69 Å². The highest BCUT2D eigenvalue weighted by atomic mass is 79.9. The van der Waals surface area contributed by atoms with Gasteiger partial charge in [-0.3, -0.25) is 0 Å². The van der Waals surface area contributed by atoms with Crippen LogP contribution in [-0.2, 0) is 14.8 Å². The molecule has 1 aromatic rings. The van der Waals surface area contributed by atoms with E-state index in [2.05, 4.69) is 15.9 Å². The number of nitrogen functional groups attached to an aromatic ring is 1. The van der Waals surface area contributed by atoms with Crippen LogP contribution < -0.4 is 5.73 Å². The van der Waals surface area contributed by atoms with Crippen molar-refractivity contribution in [3.8, 4) is 0 Å². The number of methoxy groups -OCH3 is 1. The lowest BCUT2D eigenvalue weighted by Crippen LogP contribution is -2.30. The summed E-state index contributed by atoms with van der Waals surface area (Å²) in [5, 5.41) is 0.273. The minimum absolute atomic E-state index is 0.0473. The van der Waals surface area contributed by atoms with Crippen LogP contribution in [0.25, 0.3) is 0 Å².